The van der Waals surface area contributed by atoms with Crippen LogP contribution in [0.2, 0.25) is 0 Å². The Balaban J connectivity index is 2.27. The van der Waals surface area contributed by atoms with Crippen molar-refractivity contribution in [1.82, 2.24) is 4.90 Å². The molecule has 0 unspecified atom stereocenters. The summed E-state index contributed by atoms with van der Waals surface area (Å²) in [6, 6.07) is 5.73. The van der Waals surface area contributed by atoms with Crippen LogP contribution < -0.4 is 9.47 Å². The molecular formula is C17H16N2O6S. The van der Waals surface area contributed by atoms with E-state index in [9.17, 15) is 14.4 Å². The third-order valence-corrected chi connectivity index (χ3v) is 4.41. The first-order valence-corrected chi connectivity index (χ1v) is 8.27. The second kappa shape index (κ2) is 8.40. The van der Waals surface area contributed by atoms with Gasteiger partial charge >= 0.3 is 5.97 Å². The van der Waals surface area contributed by atoms with Crippen LogP contribution in [0, 0.1) is 11.3 Å². The van der Waals surface area contributed by atoms with Gasteiger partial charge in [0.25, 0.3) is 11.1 Å². The predicted molar refractivity (Wildman–Crippen MR) is 93.4 cm³/mol. The molecule has 1 aliphatic rings. The molecule has 1 fully saturated rings. The largest absolute Gasteiger partial charge is 0.493 e. The summed E-state index contributed by atoms with van der Waals surface area (Å²) >= 11 is 0.740. The first-order chi connectivity index (χ1) is 12.4. The normalized spacial score (nSPS) is 16.4. The Labute approximate surface area is 154 Å². The summed E-state index contributed by atoms with van der Waals surface area (Å²) in [5.74, 6) is -0.467. The molecule has 1 saturated heterocycles. The smallest absolute Gasteiger partial charge is 0.328 e. The highest BCUT2D eigenvalue weighted by molar-refractivity contribution is 8.18. The molecule has 0 aliphatic carbocycles. The van der Waals surface area contributed by atoms with E-state index in [0.717, 1.165) is 16.7 Å². The number of rotatable bonds is 6. The number of nitriles is 1. The van der Waals surface area contributed by atoms with Gasteiger partial charge in [-0.3, -0.25) is 14.5 Å². The molecule has 2 amide bonds. The van der Waals surface area contributed by atoms with Crippen LogP contribution in [-0.4, -0.2) is 48.9 Å². The van der Waals surface area contributed by atoms with Crippen molar-refractivity contribution in [2.45, 2.75) is 13.0 Å². The van der Waals surface area contributed by atoms with Crippen LogP contribution >= 0.6 is 11.8 Å². The number of hydrogen-bond acceptors (Lipinski definition) is 8. The number of imide groups is 1. The van der Waals surface area contributed by atoms with Crippen molar-refractivity contribution in [3.63, 3.8) is 0 Å². The van der Waals surface area contributed by atoms with E-state index in [-0.39, 0.29) is 11.5 Å². The lowest BCUT2D eigenvalue weighted by Crippen LogP contribution is -2.42. The topological polar surface area (TPSA) is 106 Å². The number of methoxy groups -OCH3 is 2. The van der Waals surface area contributed by atoms with Crippen LogP contribution in [0.1, 0.15) is 12.5 Å². The summed E-state index contributed by atoms with van der Waals surface area (Å²) in [5, 5.41) is 8.04. The number of esters is 1. The lowest BCUT2D eigenvalue weighted by atomic mass is 10.1. The van der Waals surface area contributed by atoms with Crippen molar-refractivity contribution in [2.75, 3.05) is 20.8 Å². The summed E-state index contributed by atoms with van der Waals surface area (Å²) in [7, 11) is 2.64. The highest BCUT2D eigenvalue weighted by Crippen LogP contribution is 2.35. The fourth-order valence-electron chi connectivity index (χ4n) is 2.24. The molecule has 1 aromatic rings. The number of carbonyl (C=O) groups is 3. The molecule has 1 aromatic carbocycles. The number of carbonyl (C=O) groups excluding carboxylic acids is 3. The Morgan fingerprint density at radius 3 is 2.69 bits per heavy atom. The third kappa shape index (κ3) is 3.97. The highest BCUT2D eigenvalue weighted by Gasteiger charge is 2.41. The maximum absolute atomic E-state index is 12.5. The Morgan fingerprint density at radius 2 is 2.08 bits per heavy atom. The molecule has 26 heavy (non-hydrogen) atoms. The minimum Gasteiger partial charge on any atom is -0.493 e. The van der Waals surface area contributed by atoms with Crippen LogP contribution in [-0.2, 0) is 14.3 Å². The number of amides is 2. The molecule has 1 heterocycles. The zero-order valence-electron chi connectivity index (χ0n) is 14.3. The third-order valence-electron chi connectivity index (χ3n) is 3.53. The molecule has 1 aliphatic heterocycles. The Kier molecular flexibility index (Phi) is 6.25. The molecule has 0 N–H and O–H groups in total. The van der Waals surface area contributed by atoms with Crippen molar-refractivity contribution < 1.29 is 28.6 Å². The molecule has 0 radical (unpaired) electrons. The quantitative estimate of drug-likeness (QED) is 0.549. The fourth-order valence-corrected chi connectivity index (χ4v) is 3.15. The minimum atomic E-state index is -1.00. The van der Waals surface area contributed by atoms with Gasteiger partial charge in [0.05, 0.1) is 19.1 Å². The van der Waals surface area contributed by atoms with Crippen molar-refractivity contribution in [1.29, 1.82) is 5.26 Å². The van der Waals surface area contributed by atoms with Gasteiger partial charge < -0.3 is 14.2 Å². The Hall–Kier alpha value is -2.99. The van der Waals surface area contributed by atoms with E-state index in [4.69, 9.17) is 14.7 Å². The van der Waals surface area contributed by atoms with Gasteiger partial charge in [-0.1, -0.05) is 6.07 Å². The van der Waals surface area contributed by atoms with Gasteiger partial charge in [-0.2, -0.15) is 5.26 Å². The zero-order valence-corrected chi connectivity index (χ0v) is 15.2. The number of ether oxygens (including phenoxy) is 3. The number of nitrogens with zero attached hydrogens (tertiary/aromatic N) is 2. The van der Waals surface area contributed by atoms with Gasteiger partial charge in [0.1, 0.15) is 12.1 Å². The number of thioether (sulfide) groups is 1. The lowest BCUT2D eigenvalue weighted by Gasteiger charge is -2.18. The SMILES string of the molecule is COC(=O)[C@H](C)N1C(=O)S/C(=C/c2ccc(OCC#N)c(OC)c2)C1=O. The van der Waals surface area contributed by atoms with Crippen LogP contribution in [0.3, 0.4) is 0 Å². The fraction of sp³-hybridized carbons (Fsp3) is 0.294. The molecule has 8 nitrogen and oxygen atoms in total. The molecule has 9 heteroatoms. The lowest BCUT2D eigenvalue weighted by molar-refractivity contribution is -0.148. The zero-order chi connectivity index (χ0) is 19.3. The van der Waals surface area contributed by atoms with E-state index in [1.54, 1.807) is 18.2 Å². The first-order valence-electron chi connectivity index (χ1n) is 7.45. The Bertz CT molecular complexity index is 814. The van der Waals surface area contributed by atoms with E-state index in [0.29, 0.717) is 17.1 Å². The van der Waals surface area contributed by atoms with E-state index in [1.165, 1.54) is 27.2 Å². The van der Waals surface area contributed by atoms with Crippen LogP contribution in [0.25, 0.3) is 6.08 Å². The number of hydrogen-bond donors (Lipinski definition) is 0. The molecule has 0 spiro atoms. The van der Waals surface area contributed by atoms with Gasteiger partial charge in [0.2, 0.25) is 0 Å². The first kappa shape index (κ1) is 19.3. The average Bonchev–Trinajstić information content (AvgIpc) is 2.92. The van der Waals surface area contributed by atoms with E-state index >= 15 is 0 Å². The van der Waals surface area contributed by atoms with Crippen molar-refractivity contribution in [2.24, 2.45) is 0 Å². The molecule has 0 saturated carbocycles. The van der Waals surface area contributed by atoms with Crippen LogP contribution in [0.15, 0.2) is 23.1 Å². The molecule has 0 aromatic heterocycles. The minimum absolute atomic E-state index is 0.125. The van der Waals surface area contributed by atoms with Crippen LogP contribution in [0.4, 0.5) is 4.79 Å². The molecule has 1 atom stereocenters. The van der Waals surface area contributed by atoms with Crippen molar-refractivity contribution >= 4 is 35.0 Å². The standard InChI is InChI=1S/C17H16N2O6S/c1-10(16(21)24-3)19-15(20)14(26-17(19)22)9-11-4-5-12(25-7-6-18)13(8-11)23-2/h4-5,8-10H,7H2,1-3H3/b14-9+/t10-/m0/s1. The van der Waals surface area contributed by atoms with Gasteiger partial charge in [-0.15, -0.1) is 0 Å². The summed E-state index contributed by atoms with van der Waals surface area (Å²) in [4.78, 5) is 37.2. The summed E-state index contributed by atoms with van der Waals surface area (Å²) in [6.07, 6.45) is 1.52. The van der Waals surface area contributed by atoms with Gasteiger partial charge in [0.15, 0.2) is 18.1 Å². The monoisotopic (exact) mass is 376 g/mol. The molecule has 136 valence electrons. The summed E-state index contributed by atoms with van der Waals surface area (Å²) in [5.41, 5.74) is 0.599. The molecule has 2 rings (SSSR count). The summed E-state index contributed by atoms with van der Waals surface area (Å²) < 4.78 is 15.0. The highest BCUT2D eigenvalue weighted by atomic mass is 32.2. The van der Waals surface area contributed by atoms with E-state index in [2.05, 4.69) is 4.74 Å². The average molecular weight is 376 g/mol. The van der Waals surface area contributed by atoms with E-state index in [1.807, 2.05) is 6.07 Å². The van der Waals surface area contributed by atoms with Crippen molar-refractivity contribution in [3.8, 4) is 17.6 Å². The molecule has 0 bridgehead atoms. The second-order valence-corrected chi connectivity index (χ2v) is 6.10. The second-order valence-electron chi connectivity index (χ2n) is 5.11. The summed E-state index contributed by atoms with van der Waals surface area (Å²) in [6.45, 7) is 1.30. The van der Waals surface area contributed by atoms with Gasteiger partial charge in [-0.25, -0.2) is 4.79 Å². The van der Waals surface area contributed by atoms with Gasteiger partial charge in [-0.05, 0) is 42.5 Å². The Morgan fingerprint density at radius 1 is 1.35 bits per heavy atom. The maximum Gasteiger partial charge on any atom is 0.328 e. The predicted octanol–water partition coefficient (Wildman–Crippen LogP) is 2.20. The molecular weight excluding hydrogens is 360 g/mol. The van der Waals surface area contributed by atoms with E-state index < -0.39 is 23.2 Å². The van der Waals surface area contributed by atoms with Crippen molar-refractivity contribution in [3.05, 3.63) is 28.7 Å². The van der Waals surface area contributed by atoms with Crippen LogP contribution in [0.5, 0.6) is 11.5 Å². The van der Waals surface area contributed by atoms with Gasteiger partial charge in [0, 0.05) is 0 Å². The maximum atomic E-state index is 12.5. The number of benzene rings is 1.